The number of aliphatic hydroxyl groups excluding tert-OH is 8. The van der Waals surface area contributed by atoms with Gasteiger partial charge in [0.2, 0.25) is 0 Å². The SMILES string of the molecule is C1CC1.OC[C@H]1O[C@@H](O[C@H]2[C@H](O)[C@@H](O)[C@H](O)O[C@@H]2CO)[C@H](O)[C@@H](O)[C@H]1O. The summed E-state index contributed by atoms with van der Waals surface area (Å²) in [7, 11) is 0. The van der Waals surface area contributed by atoms with E-state index in [1.54, 1.807) is 0 Å². The highest BCUT2D eigenvalue weighted by atomic mass is 16.7. The molecule has 26 heavy (non-hydrogen) atoms. The van der Waals surface area contributed by atoms with Crippen LogP contribution in [0.15, 0.2) is 0 Å². The highest BCUT2D eigenvalue weighted by Gasteiger charge is 2.50. The molecule has 0 amide bonds. The summed E-state index contributed by atoms with van der Waals surface area (Å²) in [4.78, 5) is 0. The molecular formula is C15H28O11. The van der Waals surface area contributed by atoms with Gasteiger partial charge in [0, 0.05) is 0 Å². The van der Waals surface area contributed by atoms with Gasteiger partial charge in [-0.2, -0.15) is 0 Å². The van der Waals surface area contributed by atoms with Crippen molar-refractivity contribution in [1.29, 1.82) is 0 Å². The summed E-state index contributed by atoms with van der Waals surface area (Å²) < 4.78 is 15.3. The third kappa shape index (κ3) is 5.09. The zero-order chi connectivity index (χ0) is 19.4. The first-order valence-electron chi connectivity index (χ1n) is 8.58. The van der Waals surface area contributed by atoms with Crippen molar-refractivity contribution >= 4 is 0 Å². The minimum atomic E-state index is -1.74. The largest absolute Gasteiger partial charge is 0.394 e. The van der Waals surface area contributed by atoms with Crippen molar-refractivity contribution in [3.63, 3.8) is 0 Å². The molecule has 11 nitrogen and oxygen atoms in total. The second-order valence-corrected chi connectivity index (χ2v) is 6.59. The van der Waals surface area contributed by atoms with Crippen molar-refractivity contribution in [3.05, 3.63) is 0 Å². The summed E-state index contributed by atoms with van der Waals surface area (Å²) in [6.45, 7) is -1.35. The fraction of sp³-hybridized carbons (Fsp3) is 1.00. The van der Waals surface area contributed by atoms with E-state index in [-0.39, 0.29) is 0 Å². The van der Waals surface area contributed by atoms with Gasteiger partial charge in [-0.25, -0.2) is 0 Å². The third-order valence-corrected chi connectivity index (χ3v) is 4.33. The van der Waals surface area contributed by atoms with Crippen molar-refractivity contribution < 1.29 is 55.1 Å². The fourth-order valence-electron chi connectivity index (χ4n) is 2.57. The van der Waals surface area contributed by atoms with E-state index in [0.29, 0.717) is 0 Å². The fourth-order valence-corrected chi connectivity index (χ4v) is 2.57. The predicted octanol–water partition coefficient (Wildman–Crippen LogP) is -4.23. The van der Waals surface area contributed by atoms with Gasteiger partial charge in [0.15, 0.2) is 12.6 Å². The van der Waals surface area contributed by atoms with E-state index in [4.69, 9.17) is 19.3 Å². The minimum absolute atomic E-state index is 0.667. The van der Waals surface area contributed by atoms with Gasteiger partial charge < -0.3 is 55.1 Å². The van der Waals surface area contributed by atoms with Gasteiger partial charge in [0.1, 0.15) is 48.8 Å². The topological polar surface area (TPSA) is 190 Å². The summed E-state index contributed by atoms with van der Waals surface area (Å²) >= 11 is 0. The van der Waals surface area contributed by atoms with Crippen LogP contribution < -0.4 is 0 Å². The molecule has 1 saturated carbocycles. The Balaban J connectivity index is 0.000000732. The van der Waals surface area contributed by atoms with Crippen LogP contribution in [0.25, 0.3) is 0 Å². The normalized spacial score (nSPS) is 48.5. The Hall–Kier alpha value is -0.440. The molecule has 0 radical (unpaired) electrons. The van der Waals surface area contributed by atoms with Crippen molar-refractivity contribution in [2.75, 3.05) is 13.2 Å². The van der Waals surface area contributed by atoms with E-state index in [1.165, 1.54) is 19.3 Å². The maximum atomic E-state index is 9.94. The molecule has 2 heterocycles. The number of rotatable bonds is 4. The van der Waals surface area contributed by atoms with Crippen molar-refractivity contribution in [2.24, 2.45) is 0 Å². The minimum Gasteiger partial charge on any atom is -0.394 e. The number of hydrogen-bond donors (Lipinski definition) is 8. The lowest BCUT2D eigenvalue weighted by Crippen LogP contribution is -2.64. The maximum absolute atomic E-state index is 9.94. The Morgan fingerprint density at radius 2 is 1.23 bits per heavy atom. The Labute approximate surface area is 150 Å². The zero-order valence-electron chi connectivity index (χ0n) is 14.1. The van der Waals surface area contributed by atoms with Crippen LogP contribution in [0.1, 0.15) is 19.3 Å². The molecule has 0 spiro atoms. The lowest BCUT2D eigenvalue weighted by molar-refractivity contribution is -0.355. The van der Waals surface area contributed by atoms with Crippen LogP contribution >= 0.6 is 0 Å². The van der Waals surface area contributed by atoms with E-state index < -0.39 is 74.6 Å². The summed E-state index contributed by atoms with van der Waals surface area (Å²) in [6.07, 6.45) is -11.1. The van der Waals surface area contributed by atoms with Gasteiger partial charge in [0.05, 0.1) is 13.2 Å². The first kappa shape index (κ1) is 21.9. The quantitative estimate of drug-likeness (QED) is 0.234. The van der Waals surface area contributed by atoms with Crippen LogP contribution in [0, 0.1) is 0 Å². The third-order valence-electron chi connectivity index (χ3n) is 4.33. The molecule has 3 fully saturated rings. The number of ether oxygens (including phenoxy) is 3. The molecule has 8 N–H and O–H groups in total. The van der Waals surface area contributed by atoms with Crippen LogP contribution in [0.2, 0.25) is 0 Å². The van der Waals surface area contributed by atoms with E-state index in [2.05, 4.69) is 0 Å². The molecule has 11 heteroatoms. The lowest BCUT2D eigenvalue weighted by Gasteiger charge is -2.45. The van der Waals surface area contributed by atoms with E-state index >= 15 is 0 Å². The highest BCUT2D eigenvalue weighted by molar-refractivity contribution is 4.93. The first-order chi connectivity index (χ1) is 12.3. The Morgan fingerprint density at radius 3 is 1.73 bits per heavy atom. The summed E-state index contributed by atoms with van der Waals surface area (Å²) in [5.41, 5.74) is 0. The molecule has 2 aliphatic heterocycles. The van der Waals surface area contributed by atoms with Crippen LogP contribution in [0.5, 0.6) is 0 Å². The summed E-state index contributed by atoms with van der Waals surface area (Å²) in [5, 5.41) is 76.5. The average Bonchev–Trinajstić information content (AvgIpc) is 3.51. The van der Waals surface area contributed by atoms with Crippen LogP contribution in [-0.2, 0) is 14.2 Å². The van der Waals surface area contributed by atoms with Gasteiger partial charge in [-0.1, -0.05) is 19.3 Å². The van der Waals surface area contributed by atoms with Gasteiger partial charge >= 0.3 is 0 Å². The number of aliphatic hydroxyl groups is 8. The molecule has 0 aromatic heterocycles. The second-order valence-electron chi connectivity index (χ2n) is 6.59. The van der Waals surface area contributed by atoms with Crippen LogP contribution in [0.3, 0.4) is 0 Å². The molecular weight excluding hydrogens is 356 g/mol. The van der Waals surface area contributed by atoms with E-state index in [1.807, 2.05) is 0 Å². The molecule has 0 aromatic rings. The van der Waals surface area contributed by atoms with Crippen molar-refractivity contribution in [3.8, 4) is 0 Å². The Morgan fingerprint density at radius 1 is 0.654 bits per heavy atom. The van der Waals surface area contributed by atoms with Crippen LogP contribution in [0.4, 0.5) is 0 Å². The highest BCUT2D eigenvalue weighted by Crippen LogP contribution is 2.28. The molecule has 1 aliphatic carbocycles. The molecule has 0 bridgehead atoms. The Kier molecular flexibility index (Phi) is 8.12. The monoisotopic (exact) mass is 384 g/mol. The zero-order valence-corrected chi connectivity index (χ0v) is 14.1. The van der Waals surface area contributed by atoms with E-state index in [9.17, 15) is 35.7 Å². The van der Waals surface area contributed by atoms with Crippen LogP contribution in [-0.4, -0.2) is 115 Å². The predicted molar refractivity (Wildman–Crippen MR) is 82.5 cm³/mol. The molecule has 154 valence electrons. The van der Waals surface area contributed by atoms with Gasteiger partial charge in [0.25, 0.3) is 0 Å². The molecule has 3 rings (SSSR count). The maximum Gasteiger partial charge on any atom is 0.187 e. The lowest BCUT2D eigenvalue weighted by atomic mass is 9.97. The van der Waals surface area contributed by atoms with Gasteiger partial charge in [-0.3, -0.25) is 0 Å². The molecule has 0 unspecified atom stereocenters. The van der Waals surface area contributed by atoms with Crippen molar-refractivity contribution in [2.45, 2.75) is 80.7 Å². The molecule has 2 saturated heterocycles. The second kappa shape index (κ2) is 9.66. The number of hydrogen-bond acceptors (Lipinski definition) is 11. The van der Waals surface area contributed by atoms with Crippen molar-refractivity contribution in [1.82, 2.24) is 0 Å². The molecule has 0 aromatic carbocycles. The molecule has 3 aliphatic rings. The Bertz CT molecular complexity index is 416. The smallest absolute Gasteiger partial charge is 0.187 e. The summed E-state index contributed by atoms with van der Waals surface area (Å²) in [6, 6.07) is 0. The van der Waals surface area contributed by atoms with Gasteiger partial charge in [-0.15, -0.1) is 0 Å². The summed E-state index contributed by atoms with van der Waals surface area (Å²) in [5.74, 6) is 0. The molecule has 10 atom stereocenters. The first-order valence-corrected chi connectivity index (χ1v) is 8.58. The van der Waals surface area contributed by atoms with Gasteiger partial charge in [-0.05, 0) is 0 Å². The average molecular weight is 384 g/mol. The van der Waals surface area contributed by atoms with E-state index in [0.717, 1.165) is 0 Å². The standard InChI is InChI=1S/C12H22O11.C3H6/c13-1-3-5(15)6(16)9(19)12(22-3)23-10-4(2-14)21-11(20)8(18)7(10)17;1-2-3-1/h3-20H,1-2H2;1-3H2/t3-,4-,5+,6+,7-,8-,9-,10-,11-,12+;/m1./s1.